The van der Waals surface area contributed by atoms with E-state index in [1.165, 1.54) is 43.4 Å². The number of rotatable bonds is 5. The maximum absolute atomic E-state index is 4.94. The summed E-state index contributed by atoms with van der Waals surface area (Å²) in [4.78, 5) is 19.3. The molecule has 2 aromatic heterocycles. The van der Waals surface area contributed by atoms with Crippen LogP contribution < -0.4 is 0 Å². The summed E-state index contributed by atoms with van der Waals surface area (Å²) in [7, 11) is 0. The average Bonchev–Trinajstić information content (AvgIpc) is 3.24. The first kappa shape index (κ1) is 29.8. The Hall–Kier alpha value is -7.04. The van der Waals surface area contributed by atoms with Crippen LogP contribution in [0.15, 0.2) is 182 Å². The predicted octanol–water partition coefficient (Wildman–Crippen LogP) is 12.2. The highest BCUT2D eigenvalue weighted by Gasteiger charge is 2.14. The molecule has 0 aliphatic rings. The van der Waals surface area contributed by atoms with Gasteiger partial charge in [-0.3, -0.25) is 4.98 Å². The number of aromatic nitrogens is 4. The molecule has 0 radical (unpaired) electrons. The summed E-state index contributed by atoms with van der Waals surface area (Å²) in [5, 5.41) is 9.77. The van der Waals surface area contributed by atoms with Gasteiger partial charge in [0.15, 0.2) is 17.5 Å². The Morgan fingerprint density at radius 3 is 1.31 bits per heavy atom. The third-order valence-corrected chi connectivity index (χ3v) is 9.93. The highest BCUT2D eigenvalue weighted by molar-refractivity contribution is 6.26. The molecule has 0 aliphatic carbocycles. The Balaban J connectivity index is 1.06. The molecule has 10 rings (SSSR count). The Kier molecular flexibility index (Phi) is 7.10. The minimum absolute atomic E-state index is 0.652. The van der Waals surface area contributed by atoms with Gasteiger partial charge in [0, 0.05) is 28.5 Å². The summed E-state index contributed by atoms with van der Waals surface area (Å²) in [6, 6.07) is 61.7. The first-order valence-corrected chi connectivity index (χ1v) is 17.5. The molecule has 0 saturated heterocycles. The van der Waals surface area contributed by atoms with Crippen LogP contribution in [0.25, 0.3) is 99.6 Å². The lowest BCUT2D eigenvalue weighted by Crippen LogP contribution is -2.00. The van der Waals surface area contributed by atoms with Gasteiger partial charge in [0.05, 0.1) is 5.69 Å². The van der Waals surface area contributed by atoms with E-state index in [0.717, 1.165) is 38.7 Å². The van der Waals surface area contributed by atoms with E-state index in [4.69, 9.17) is 15.0 Å². The second-order valence-electron chi connectivity index (χ2n) is 13.1. The molecule has 8 aromatic carbocycles. The third-order valence-electron chi connectivity index (χ3n) is 9.93. The molecule has 0 unspecified atom stereocenters. The zero-order valence-corrected chi connectivity index (χ0v) is 28.1. The van der Waals surface area contributed by atoms with Crippen molar-refractivity contribution < 1.29 is 0 Å². The van der Waals surface area contributed by atoms with Crippen molar-refractivity contribution in [2.75, 3.05) is 0 Å². The maximum atomic E-state index is 4.94. The van der Waals surface area contributed by atoms with Crippen molar-refractivity contribution in [2.45, 2.75) is 0 Å². The summed E-state index contributed by atoms with van der Waals surface area (Å²) in [6.45, 7) is 0. The summed E-state index contributed by atoms with van der Waals surface area (Å²) in [6.07, 6.45) is 1.85. The molecular weight excluding hydrogens is 633 g/mol. The summed E-state index contributed by atoms with van der Waals surface area (Å²) in [5.41, 5.74) is 7.33. The number of pyridine rings is 1. The topological polar surface area (TPSA) is 51.6 Å². The number of nitrogens with zero attached hydrogens (tertiary/aromatic N) is 4. The van der Waals surface area contributed by atoms with Crippen molar-refractivity contribution in [2.24, 2.45) is 0 Å². The van der Waals surface area contributed by atoms with Gasteiger partial charge in [0.2, 0.25) is 0 Å². The highest BCUT2D eigenvalue weighted by atomic mass is 15.0. The van der Waals surface area contributed by atoms with Crippen molar-refractivity contribution in [1.82, 2.24) is 19.9 Å². The zero-order chi connectivity index (χ0) is 34.4. The fraction of sp³-hybridized carbons (Fsp3) is 0. The summed E-state index contributed by atoms with van der Waals surface area (Å²) in [5.74, 6) is 1.97. The van der Waals surface area contributed by atoms with Crippen molar-refractivity contribution in [1.29, 1.82) is 0 Å². The first-order chi connectivity index (χ1) is 25.7. The first-order valence-electron chi connectivity index (χ1n) is 17.5. The highest BCUT2D eigenvalue weighted by Crippen LogP contribution is 2.39. The molecule has 242 valence electrons. The molecule has 0 fully saturated rings. The van der Waals surface area contributed by atoms with Crippen LogP contribution in [0.5, 0.6) is 0 Å². The van der Waals surface area contributed by atoms with E-state index in [2.05, 4.69) is 108 Å². The van der Waals surface area contributed by atoms with Crippen LogP contribution in [0.4, 0.5) is 0 Å². The lowest BCUT2D eigenvalue weighted by molar-refractivity contribution is 1.07. The minimum atomic E-state index is 0.652. The summed E-state index contributed by atoms with van der Waals surface area (Å²) >= 11 is 0. The van der Waals surface area contributed by atoms with Gasteiger partial charge in [-0.05, 0) is 90.6 Å². The third kappa shape index (κ3) is 5.26. The van der Waals surface area contributed by atoms with E-state index in [-0.39, 0.29) is 0 Å². The lowest BCUT2D eigenvalue weighted by Gasteiger charge is -2.14. The quantitative estimate of drug-likeness (QED) is 0.172. The van der Waals surface area contributed by atoms with Gasteiger partial charge >= 0.3 is 0 Å². The van der Waals surface area contributed by atoms with Gasteiger partial charge in [-0.2, -0.15) is 0 Å². The molecule has 4 heteroatoms. The second kappa shape index (κ2) is 12.4. The van der Waals surface area contributed by atoms with Gasteiger partial charge in [-0.15, -0.1) is 0 Å². The monoisotopic (exact) mass is 662 g/mol. The van der Waals surface area contributed by atoms with Gasteiger partial charge in [-0.1, -0.05) is 140 Å². The minimum Gasteiger partial charge on any atom is -0.256 e. The van der Waals surface area contributed by atoms with E-state index in [1.54, 1.807) is 0 Å². The van der Waals surface area contributed by atoms with Crippen LogP contribution in [0.3, 0.4) is 0 Å². The second-order valence-corrected chi connectivity index (χ2v) is 13.1. The predicted molar refractivity (Wildman–Crippen MR) is 215 cm³/mol. The molecule has 4 nitrogen and oxygen atoms in total. The molecule has 2 heterocycles. The average molecular weight is 663 g/mol. The Morgan fingerprint density at radius 2 is 0.712 bits per heavy atom. The smallest absolute Gasteiger partial charge is 0.164 e. The molecule has 0 atom stereocenters. The molecule has 0 bridgehead atoms. The van der Waals surface area contributed by atoms with Gasteiger partial charge in [-0.25, -0.2) is 15.0 Å². The number of hydrogen-bond acceptors (Lipinski definition) is 4. The molecular formula is C48H30N4. The fourth-order valence-corrected chi connectivity index (χ4v) is 7.33. The molecule has 0 spiro atoms. The molecule has 52 heavy (non-hydrogen) atoms. The molecule has 0 amide bonds. The van der Waals surface area contributed by atoms with Gasteiger partial charge < -0.3 is 0 Å². The lowest BCUT2D eigenvalue weighted by atomic mass is 9.90. The molecule has 0 N–H and O–H groups in total. The Labute approximate surface area is 300 Å². The SMILES string of the molecule is c1ccc(-c2nc(-c3ccccc3)nc(-c3ccc4cc(-c5ccc6c7ccc(-c8ccccn8)cc7c7ccccc7c6c5)ccc4c3)n2)cc1. The number of benzene rings is 8. The fourth-order valence-electron chi connectivity index (χ4n) is 7.33. The van der Waals surface area contributed by atoms with E-state index in [9.17, 15) is 0 Å². The van der Waals surface area contributed by atoms with Crippen molar-refractivity contribution in [3.8, 4) is 56.5 Å². The standard InChI is InChI=1S/C48H30N4/c1-3-11-31(12-4-1)46-50-47(32-13-5-2-6-14-32)52-48(51-46)38-21-20-33-27-34(18-19-35(33)28-38)36-22-24-41-42-25-23-37(45-17-9-10-26-49-45)30-44(42)40-16-8-7-15-39(40)43(41)29-36/h1-30H. The Bertz CT molecular complexity index is 2860. The van der Waals surface area contributed by atoms with Crippen LogP contribution in [0, 0.1) is 0 Å². The normalized spacial score (nSPS) is 11.5. The zero-order valence-electron chi connectivity index (χ0n) is 28.1. The molecule has 10 aromatic rings. The van der Waals surface area contributed by atoms with Crippen molar-refractivity contribution >= 4 is 43.1 Å². The van der Waals surface area contributed by atoms with E-state index in [0.29, 0.717) is 17.5 Å². The van der Waals surface area contributed by atoms with E-state index < -0.39 is 0 Å². The van der Waals surface area contributed by atoms with Crippen LogP contribution in [-0.4, -0.2) is 19.9 Å². The largest absolute Gasteiger partial charge is 0.256 e. The van der Waals surface area contributed by atoms with Crippen LogP contribution in [0.2, 0.25) is 0 Å². The number of hydrogen-bond donors (Lipinski definition) is 0. The van der Waals surface area contributed by atoms with Crippen LogP contribution >= 0.6 is 0 Å². The van der Waals surface area contributed by atoms with Crippen molar-refractivity contribution in [3.05, 3.63) is 182 Å². The number of fused-ring (bicyclic) bond motifs is 7. The maximum Gasteiger partial charge on any atom is 0.164 e. The van der Waals surface area contributed by atoms with Gasteiger partial charge in [0.25, 0.3) is 0 Å². The van der Waals surface area contributed by atoms with E-state index >= 15 is 0 Å². The van der Waals surface area contributed by atoms with Crippen molar-refractivity contribution in [3.63, 3.8) is 0 Å². The van der Waals surface area contributed by atoms with Crippen LogP contribution in [-0.2, 0) is 0 Å². The summed E-state index contributed by atoms with van der Waals surface area (Å²) < 4.78 is 0. The van der Waals surface area contributed by atoms with Crippen LogP contribution in [0.1, 0.15) is 0 Å². The van der Waals surface area contributed by atoms with Gasteiger partial charge in [0.1, 0.15) is 0 Å². The molecule has 0 aliphatic heterocycles. The Morgan fingerprint density at radius 1 is 0.269 bits per heavy atom. The molecule has 0 saturated carbocycles. The van der Waals surface area contributed by atoms with E-state index in [1.807, 2.05) is 79.0 Å².